The van der Waals surface area contributed by atoms with Crippen molar-refractivity contribution in [3.05, 3.63) is 38.9 Å². The summed E-state index contributed by atoms with van der Waals surface area (Å²) < 4.78 is 4.66. The number of carboxylic acids is 1. The molecule has 0 aliphatic heterocycles. The number of nitro benzene ring substituents is 1. The highest BCUT2D eigenvalue weighted by atomic mass is 35.5. The van der Waals surface area contributed by atoms with Crippen molar-refractivity contribution < 1.29 is 24.4 Å². The van der Waals surface area contributed by atoms with E-state index < -0.39 is 28.5 Å². The van der Waals surface area contributed by atoms with Gasteiger partial charge >= 0.3 is 5.97 Å². The number of ether oxygens (including phenoxy) is 1. The molecule has 20 heavy (non-hydrogen) atoms. The Hall–Kier alpha value is -2.19. The second kappa shape index (κ2) is 6.83. The number of benzene rings is 1. The second-order valence-corrected chi connectivity index (χ2v) is 4.15. The van der Waals surface area contributed by atoms with Crippen molar-refractivity contribution in [2.75, 3.05) is 13.7 Å². The number of aliphatic carboxylic acids is 1. The monoisotopic (exact) mass is 302 g/mol. The van der Waals surface area contributed by atoms with Gasteiger partial charge in [0.1, 0.15) is 5.02 Å². The average Bonchev–Trinajstić information content (AvgIpc) is 2.38. The number of halogens is 1. The molecule has 0 saturated carbocycles. The van der Waals surface area contributed by atoms with Gasteiger partial charge in [-0.3, -0.25) is 14.9 Å². The molecular formula is C11H11ClN2O6. The van der Waals surface area contributed by atoms with Crippen molar-refractivity contribution in [2.45, 2.75) is 6.04 Å². The SMILES string of the molecule is COCC(NC(=O)c1ccc(Cl)c([N+](=O)[O-])c1)C(=O)O. The lowest BCUT2D eigenvalue weighted by molar-refractivity contribution is -0.384. The highest BCUT2D eigenvalue weighted by Crippen LogP contribution is 2.25. The van der Waals surface area contributed by atoms with Gasteiger partial charge in [0.15, 0.2) is 6.04 Å². The molecule has 1 aromatic carbocycles. The van der Waals surface area contributed by atoms with Crippen molar-refractivity contribution in [1.29, 1.82) is 0 Å². The van der Waals surface area contributed by atoms with Crippen molar-refractivity contribution in [2.24, 2.45) is 0 Å². The van der Waals surface area contributed by atoms with Gasteiger partial charge < -0.3 is 15.2 Å². The quantitative estimate of drug-likeness (QED) is 0.599. The predicted octanol–water partition coefficient (Wildman–Crippen LogP) is 1.08. The van der Waals surface area contributed by atoms with E-state index in [4.69, 9.17) is 16.7 Å². The number of carbonyl (C=O) groups is 2. The smallest absolute Gasteiger partial charge is 0.328 e. The van der Waals surface area contributed by atoms with Crippen LogP contribution in [0.15, 0.2) is 18.2 Å². The van der Waals surface area contributed by atoms with Crippen LogP contribution < -0.4 is 5.32 Å². The summed E-state index contributed by atoms with van der Waals surface area (Å²) in [5, 5.41) is 21.6. The zero-order valence-corrected chi connectivity index (χ0v) is 11.1. The maximum absolute atomic E-state index is 11.8. The van der Waals surface area contributed by atoms with Crippen LogP contribution in [0.2, 0.25) is 5.02 Å². The fourth-order valence-electron chi connectivity index (χ4n) is 1.38. The number of nitrogens with zero attached hydrogens (tertiary/aromatic N) is 1. The Balaban J connectivity index is 2.95. The maximum Gasteiger partial charge on any atom is 0.328 e. The molecule has 1 atom stereocenters. The minimum Gasteiger partial charge on any atom is -0.480 e. The molecular weight excluding hydrogens is 292 g/mol. The Morgan fingerprint density at radius 2 is 2.20 bits per heavy atom. The summed E-state index contributed by atoms with van der Waals surface area (Å²) in [4.78, 5) is 32.7. The number of amides is 1. The van der Waals surface area contributed by atoms with Crippen LogP contribution in [-0.2, 0) is 9.53 Å². The van der Waals surface area contributed by atoms with Gasteiger partial charge in [0.05, 0.1) is 11.5 Å². The molecule has 0 aliphatic carbocycles. The number of rotatable bonds is 6. The zero-order valence-electron chi connectivity index (χ0n) is 10.3. The molecule has 1 unspecified atom stereocenters. The molecule has 0 bridgehead atoms. The van der Waals surface area contributed by atoms with E-state index in [9.17, 15) is 19.7 Å². The minimum absolute atomic E-state index is 0.0662. The third-order valence-electron chi connectivity index (χ3n) is 2.34. The van der Waals surface area contributed by atoms with E-state index in [1.807, 2.05) is 0 Å². The van der Waals surface area contributed by atoms with Crippen LogP contribution in [0.1, 0.15) is 10.4 Å². The van der Waals surface area contributed by atoms with E-state index in [-0.39, 0.29) is 17.2 Å². The van der Waals surface area contributed by atoms with Gasteiger partial charge in [-0.2, -0.15) is 0 Å². The number of nitro groups is 1. The normalized spacial score (nSPS) is 11.7. The van der Waals surface area contributed by atoms with Gasteiger partial charge in [-0.15, -0.1) is 0 Å². The molecule has 0 heterocycles. The number of nitrogens with one attached hydrogen (secondary N) is 1. The van der Waals surface area contributed by atoms with Gasteiger partial charge in [0.25, 0.3) is 11.6 Å². The van der Waals surface area contributed by atoms with E-state index in [2.05, 4.69) is 10.1 Å². The first-order chi connectivity index (χ1) is 9.36. The van der Waals surface area contributed by atoms with Crippen molar-refractivity contribution in [3.63, 3.8) is 0 Å². The van der Waals surface area contributed by atoms with E-state index in [0.29, 0.717) is 0 Å². The Morgan fingerprint density at radius 3 is 2.70 bits per heavy atom. The third-order valence-corrected chi connectivity index (χ3v) is 2.66. The summed E-state index contributed by atoms with van der Waals surface area (Å²) in [5.74, 6) is -2.04. The molecule has 0 saturated heterocycles. The number of carboxylic acid groups (broad SMARTS) is 1. The lowest BCUT2D eigenvalue weighted by atomic mass is 10.1. The van der Waals surface area contributed by atoms with Crippen LogP contribution in [0.5, 0.6) is 0 Å². The first-order valence-electron chi connectivity index (χ1n) is 5.33. The first kappa shape index (κ1) is 15.9. The maximum atomic E-state index is 11.8. The lowest BCUT2D eigenvalue weighted by Gasteiger charge is -2.13. The molecule has 1 rings (SSSR count). The standard InChI is InChI=1S/C11H11ClN2O6/c1-20-5-8(11(16)17)13-10(15)6-2-3-7(12)9(4-6)14(18)19/h2-4,8H,5H2,1H3,(H,13,15)(H,16,17). The van der Waals surface area contributed by atoms with Crippen molar-refractivity contribution >= 4 is 29.2 Å². The number of hydrogen-bond donors (Lipinski definition) is 2. The fourth-order valence-corrected chi connectivity index (χ4v) is 1.56. The fraction of sp³-hybridized carbons (Fsp3) is 0.273. The molecule has 108 valence electrons. The summed E-state index contributed by atoms with van der Waals surface area (Å²) in [7, 11) is 1.29. The summed E-state index contributed by atoms with van der Waals surface area (Å²) in [6, 6.07) is 2.18. The molecule has 0 fully saturated rings. The molecule has 0 aromatic heterocycles. The Kier molecular flexibility index (Phi) is 5.42. The predicted molar refractivity (Wildman–Crippen MR) is 68.9 cm³/mol. The summed E-state index contributed by atoms with van der Waals surface area (Å²) in [6.45, 7) is -0.225. The van der Waals surface area contributed by atoms with Crippen molar-refractivity contribution in [3.8, 4) is 0 Å². The number of methoxy groups -OCH3 is 1. The Bertz CT molecular complexity index is 548. The van der Waals surface area contributed by atoms with Crippen LogP contribution >= 0.6 is 11.6 Å². The van der Waals surface area contributed by atoms with Gasteiger partial charge in [0, 0.05) is 18.7 Å². The summed E-state index contributed by atoms with van der Waals surface area (Å²) >= 11 is 5.61. The van der Waals surface area contributed by atoms with Gasteiger partial charge in [-0.05, 0) is 12.1 Å². The average molecular weight is 303 g/mol. The first-order valence-corrected chi connectivity index (χ1v) is 5.71. The van der Waals surface area contributed by atoms with E-state index in [1.54, 1.807) is 0 Å². The molecule has 1 amide bonds. The highest BCUT2D eigenvalue weighted by molar-refractivity contribution is 6.32. The topological polar surface area (TPSA) is 119 Å². The van der Waals surface area contributed by atoms with Crippen LogP contribution in [0, 0.1) is 10.1 Å². The molecule has 0 spiro atoms. The second-order valence-electron chi connectivity index (χ2n) is 3.74. The van der Waals surface area contributed by atoms with Gasteiger partial charge in [0.2, 0.25) is 0 Å². The van der Waals surface area contributed by atoms with Crippen LogP contribution in [0.4, 0.5) is 5.69 Å². The molecule has 0 radical (unpaired) electrons. The van der Waals surface area contributed by atoms with Crippen LogP contribution in [-0.4, -0.2) is 41.7 Å². The molecule has 0 aliphatic rings. The van der Waals surface area contributed by atoms with E-state index >= 15 is 0 Å². The van der Waals surface area contributed by atoms with Crippen LogP contribution in [0.25, 0.3) is 0 Å². The summed E-state index contributed by atoms with van der Waals surface area (Å²) in [6.07, 6.45) is 0. The summed E-state index contributed by atoms with van der Waals surface area (Å²) in [5.41, 5.74) is -0.499. The molecule has 1 aromatic rings. The number of hydrogen-bond acceptors (Lipinski definition) is 5. The highest BCUT2D eigenvalue weighted by Gasteiger charge is 2.22. The van der Waals surface area contributed by atoms with E-state index in [0.717, 1.165) is 6.07 Å². The Morgan fingerprint density at radius 1 is 1.55 bits per heavy atom. The van der Waals surface area contributed by atoms with Gasteiger partial charge in [-0.1, -0.05) is 11.6 Å². The van der Waals surface area contributed by atoms with Crippen LogP contribution in [0.3, 0.4) is 0 Å². The molecule has 8 nitrogen and oxygen atoms in total. The largest absolute Gasteiger partial charge is 0.480 e. The van der Waals surface area contributed by atoms with E-state index in [1.165, 1.54) is 19.2 Å². The minimum atomic E-state index is -1.27. The van der Waals surface area contributed by atoms with Gasteiger partial charge in [-0.25, -0.2) is 4.79 Å². The lowest BCUT2D eigenvalue weighted by Crippen LogP contribution is -2.43. The third kappa shape index (κ3) is 3.90. The van der Waals surface area contributed by atoms with Crippen molar-refractivity contribution in [1.82, 2.24) is 5.32 Å². The Labute approximate surface area is 118 Å². The molecule has 9 heteroatoms. The number of carbonyl (C=O) groups excluding carboxylic acids is 1. The zero-order chi connectivity index (χ0) is 15.3. The molecule has 2 N–H and O–H groups in total.